The number of carbonyl (C=O) groups excluding carboxylic acids is 1. The molecule has 1 aromatic rings. The van der Waals surface area contributed by atoms with Gasteiger partial charge in [-0.15, -0.1) is 0 Å². The number of rotatable bonds is 6. The molecule has 0 spiro atoms. The summed E-state index contributed by atoms with van der Waals surface area (Å²) in [6.45, 7) is 5.40. The standard InChI is InChI=1S/C14H20BrNO4S/c1-5-9(2)13(14(17)20-4)16-21(18,19)12-8-11(15)7-6-10(12)3/h6-9,13,16H,5H2,1-4H3/t9-,13-/m1/s1. The highest BCUT2D eigenvalue weighted by Gasteiger charge is 2.31. The molecule has 0 saturated carbocycles. The molecular weight excluding hydrogens is 358 g/mol. The minimum Gasteiger partial charge on any atom is -0.468 e. The van der Waals surface area contributed by atoms with Crippen LogP contribution in [0.15, 0.2) is 27.6 Å². The van der Waals surface area contributed by atoms with Crippen LogP contribution >= 0.6 is 15.9 Å². The molecule has 118 valence electrons. The van der Waals surface area contributed by atoms with Crippen molar-refractivity contribution in [2.75, 3.05) is 7.11 Å². The molecule has 1 N–H and O–H groups in total. The third-order valence-corrected chi connectivity index (χ3v) is 5.47. The fourth-order valence-corrected chi connectivity index (χ4v) is 3.93. The summed E-state index contributed by atoms with van der Waals surface area (Å²) in [4.78, 5) is 12.0. The van der Waals surface area contributed by atoms with Gasteiger partial charge >= 0.3 is 5.97 Å². The highest BCUT2D eigenvalue weighted by molar-refractivity contribution is 9.10. The van der Waals surface area contributed by atoms with Crippen molar-refractivity contribution >= 4 is 31.9 Å². The molecule has 21 heavy (non-hydrogen) atoms. The molecule has 0 saturated heterocycles. The van der Waals surface area contributed by atoms with E-state index in [9.17, 15) is 13.2 Å². The topological polar surface area (TPSA) is 72.5 Å². The molecule has 7 heteroatoms. The lowest BCUT2D eigenvalue weighted by molar-refractivity contribution is -0.143. The van der Waals surface area contributed by atoms with E-state index in [0.717, 1.165) is 0 Å². The van der Waals surface area contributed by atoms with Crippen LogP contribution in [0.5, 0.6) is 0 Å². The number of halogens is 1. The molecular formula is C14H20BrNO4S. The Labute approximate surface area is 134 Å². The Balaban J connectivity index is 3.17. The van der Waals surface area contributed by atoms with Gasteiger partial charge < -0.3 is 4.74 Å². The van der Waals surface area contributed by atoms with Crippen molar-refractivity contribution in [3.63, 3.8) is 0 Å². The van der Waals surface area contributed by atoms with Crippen LogP contribution in [-0.2, 0) is 19.6 Å². The summed E-state index contributed by atoms with van der Waals surface area (Å²) >= 11 is 3.26. The fraction of sp³-hybridized carbons (Fsp3) is 0.500. The van der Waals surface area contributed by atoms with Crippen LogP contribution < -0.4 is 4.72 Å². The zero-order valence-electron chi connectivity index (χ0n) is 12.5. The summed E-state index contributed by atoms with van der Waals surface area (Å²) in [7, 11) is -2.56. The predicted molar refractivity (Wildman–Crippen MR) is 84.5 cm³/mol. The number of sulfonamides is 1. The first-order valence-corrected chi connectivity index (χ1v) is 8.86. The largest absolute Gasteiger partial charge is 0.468 e. The quantitative estimate of drug-likeness (QED) is 0.773. The highest BCUT2D eigenvalue weighted by atomic mass is 79.9. The van der Waals surface area contributed by atoms with Crippen LogP contribution in [0.2, 0.25) is 0 Å². The van der Waals surface area contributed by atoms with E-state index in [4.69, 9.17) is 4.74 Å². The van der Waals surface area contributed by atoms with E-state index in [2.05, 4.69) is 20.7 Å². The minimum absolute atomic E-state index is 0.147. The van der Waals surface area contributed by atoms with Crippen molar-refractivity contribution in [3.8, 4) is 0 Å². The number of hydrogen-bond donors (Lipinski definition) is 1. The van der Waals surface area contributed by atoms with Gasteiger partial charge in [0.05, 0.1) is 12.0 Å². The lowest BCUT2D eigenvalue weighted by atomic mass is 10.0. The number of esters is 1. The SMILES string of the molecule is CC[C@@H](C)[C@@H](NS(=O)(=O)c1cc(Br)ccc1C)C(=O)OC. The van der Waals surface area contributed by atoms with Crippen LogP contribution in [-0.4, -0.2) is 27.5 Å². The Morgan fingerprint density at radius 2 is 2.05 bits per heavy atom. The molecule has 0 aliphatic heterocycles. The van der Waals surface area contributed by atoms with E-state index in [1.165, 1.54) is 13.2 Å². The van der Waals surface area contributed by atoms with Gasteiger partial charge in [0.1, 0.15) is 6.04 Å². The summed E-state index contributed by atoms with van der Waals surface area (Å²) in [5.74, 6) is -0.750. The van der Waals surface area contributed by atoms with Gasteiger partial charge in [0.25, 0.3) is 0 Å². The molecule has 0 aliphatic rings. The van der Waals surface area contributed by atoms with Gasteiger partial charge in [-0.1, -0.05) is 42.3 Å². The number of carbonyl (C=O) groups is 1. The van der Waals surface area contributed by atoms with Gasteiger partial charge in [-0.25, -0.2) is 8.42 Å². The van der Waals surface area contributed by atoms with Crippen LogP contribution in [0.4, 0.5) is 0 Å². The average molecular weight is 378 g/mol. The Hall–Kier alpha value is -0.920. The molecule has 0 fully saturated rings. The van der Waals surface area contributed by atoms with E-state index in [1.54, 1.807) is 26.0 Å². The lowest BCUT2D eigenvalue weighted by Crippen LogP contribution is -2.45. The number of methoxy groups -OCH3 is 1. The van der Waals surface area contributed by atoms with Gasteiger partial charge in [0, 0.05) is 4.47 Å². The van der Waals surface area contributed by atoms with E-state index >= 15 is 0 Å². The number of benzene rings is 1. The molecule has 1 rings (SSSR count). The smallest absolute Gasteiger partial charge is 0.324 e. The number of aryl methyl sites for hydroxylation is 1. The van der Waals surface area contributed by atoms with Crippen LogP contribution in [0.25, 0.3) is 0 Å². The number of nitrogens with one attached hydrogen (secondary N) is 1. The summed E-state index contributed by atoms with van der Waals surface area (Å²) in [6.07, 6.45) is 0.653. The van der Waals surface area contributed by atoms with E-state index in [0.29, 0.717) is 16.5 Å². The molecule has 5 nitrogen and oxygen atoms in total. The van der Waals surface area contributed by atoms with Crippen molar-refractivity contribution in [1.82, 2.24) is 4.72 Å². The second kappa shape index (κ2) is 7.38. The maximum absolute atomic E-state index is 12.5. The summed E-state index contributed by atoms with van der Waals surface area (Å²) in [5.41, 5.74) is 0.610. The van der Waals surface area contributed by atoms with Crippen molar-refractivity contribution in [1.29, 1.82) is 0 Å². The third kappa shape index (κ3) is 4.52. The first-order valence-electron chi connectivity index (χ1n) is 6.59. The van der Waals surface area contributed by atoms with Crippen LogP contribution in [0.3, 0.4) is 0 Å². The Morgan fingerprint density at radius 3 is 2.57 bits per heavy atom. The zero-order chi connectivity index (χ0) is 16.2. The third-order valence-electron chi connectivity index (χ3n) is 3.39. The monoisotopic (exact) mass is 377 g/mol. The molecule has 0 radical (unpaired) electrons. The zero-order valence-corrected chi connectivity index (χ0v) is 14.9. The molecule has 2 atom stereocenters. The molecule has 0 heterocycles. The Kier molecular flexibility index (Phi) is 6.37. The maximum atomic E-state index is 12.5. The molecule has 0 amide bonds. The average Bonchev–Trinajstić information content (AvgIpc) is 2.45. The Morgan fingerprint density at radius 1 is 1.43 bits per heavy atom. The molecule has 1 aromatic carbocycles. The van der Waals surface area contributed by atoms with Crippen molar-refractivity contribution < 1.29 is 17.9 Å². The lowest BCUT2D eigenvalue weighted by Gasteiger charge is -2.22. The van der Waals surface area contributed by atoms with Crippen molar-refractivity contribution in [2.45, 2.75) is 38.1 Å². The number of ether oxygens (including phenoxy) is 1. The number of hydrogen-bond acceptors (Lipinski definition) is 4. The van der Waals surface area contributed by atoms with Gasteiger partial charge in [-0.05, 0) is 30.5 Å². The molecule has 0 aromatic heterocycles. The van der Waals surface area contributed by atoms with Crippen molar-refractivity contribution in [3.05, 3.63) is 28.2 Å². The minimum atomic E-state index is -3.80. The first-order chi connectivity index (χ1) is 9.72. The molecule has 0 aliphatic carbocycles. The second-order valence-corrected chi connectivity index (χ2v) is 7.52. The van der Waals surface area contributed by atoms with Gasteiger partial charge in [0.2, 0.25) is 10.0 Å². The van der Waals surface area contributed by atoms with E-state index in [-0.39, 0.29) is 10.8 Å². The van der Waals surface area contributed by atoms with Crippen molar-refractivity contribution in [2.24, 2.45) is 5.92 Å². The van der Waals surface area contributed by atoms with Gasteiger partial charge in [-0.2, -0.15) is 4.72 Å². The second-order valence-electron chi connectivity index (χ2n) is 4.92. The van der Waals surface area contributed by atoms with E-state index < -0.39 is 22.0 Å². The van der Waals surface area contributed by atoms with Crippen LogP contribution in [0.1, 0.15) is 25.8 Å². The summed E-state index contributed by atoms with van der Waals surface area (Å²) in [5, 5.41) is 0. The van der Waals surface area contributed by atoms with E-state index in [1.807, 2.05) is 6.92 Å². The Bertz CT molecular complexity index is 615. The molecule has 0 unspecified atom stereocenters. The fourth-order valence-electron chi connectivity index (χ4n) is 1.85. The first kappa shape index (κ1) is 18.1. The maximum Gasteiger partial charge on any atom is 0.324 e. The normalized spacial score (nSPS) is 14.5. The molecule has 0 bridgehead atoms. The van der Waals surface area contributed by atoms with Crippen LogP contribution in [0, 0.1) is 12.8 Å². The summed E-state index contributed by atoms with van der Waals surface area (Å²) < 4.78 is 32.8. The highest BCUT2D eigenvalue weighted by Crippen LogP contribution is 2.22. The summed E-state index contributed by atoms with van der Waals surface area (Å²) in [6, 6.07) is 4.08. The van der Waals surface area contributed by atoms with Gasteiger partial charge in [-0.3, -0.25) is 4.79 Å². The van der Waals surface area contributed by atoms with Gasteiger partial charge in [0.15, 0.2) is 0 Å². The predicted octanol–water partition coefficient (Wildman–Crippen LogP) is 2.62.